The zero-order valence-electron chi connectivity index (χ0n) is 25.0. The lowest BCUT2D eigenvalue weighted by atomic mass is 9.96. The van der Waals surface area contributed by atoms with Crippen LogP contribution in [-0.2, 0) is 24.6 Å². The third-order valence-electron chi connectivity index (χ3n) is 7.50. The second-order valence-electron chi connectivity index (χ2n) is 10.7. The van der Waals surface area contributed by atoms with Crippen molar-refractivity contribution in [3.05, 3.63) is 100 Å². The van der Waals surface area contributed by atoms with Crippen molar-refractivity contribution in [3.63, 3.8) is 0 Å². The van der Waals surface area contributed by atoms with Crippen LogP contribution in [0.15, 0.2) is 67.0 Å². The van der Waals surface area contributed by atoms with Crippen LogP contribution in [0.4, 0.5) is 0 Å². The lowest BCUT2D eigenvalue weighted by Gasteiger charge is -2.20. The Balaban J connectivity index is 1.33. The highest BCUT2D eigenvalue weighted by Crippen LogP contribution is 2.36. The first-order valence-corrected chi connectivity index (χ1v) is 14.6. The van der Waals surface area contributed by atoms with Crippen LogP contribution in [0.5, 0.6) is 23.0 Å². The van der Waals surface area contributed by atoms with Crippen molar-refractivity contribution < 1.29 is 23.7 Å². The first kappa shape index (κ1) is 30.4. The fraction of sp³-hybridized carbons (Fsp3) is 0.286. The van der Waals surface area contributed by atoms with Crippen molar-refractivity contribution in [3.8, 4) is 40.2 Å². The molecule has 226 valence electrons. The van der Waals surface area contributed by atoms with E-state index < -0.39 is 0 Å². The number of ether oxygens (including phenoxy) is 4. The summed E-state index contributed by atoms with van der Waals surface area (Å²) in [5.41, 5.74) is 12.9. The number of amides is 1. The minimum atomic E-state index is -0.311. The molecule has 0 saturated heterocycles. The number of rotatable bonds is 13. The number of aryl methyl sites for hydroxylation is 1. The number of nitrogens with zero attached hydrogens (tertiary/aromatic N) is 2. The third kappa shape index (κ3) is 7.65. The number of carbonyl (C=O) groups is 1. The molecular formula is C35H36N4O5. The van der Waals surface area contributed by atoms with Gasteiger partial charge in [-0.15, -0.1) is 0 Å². The average Bonchev–Trinajstić information content (AvgIpc) is 3.03. The van der Waals surface area contributed by atoms with E-state index in [0.717, 1.165) is 50.4 Å². The topological polar surface area (TPSA) is 129 Å². The number of aromatic nitrogens is 1. The van der Waals surface area contributed by atoms with Gasteiger partial charge in [0.1, 0.15) is 44.0 Å². The number of fused-ring (bicyclic) bond motifs is 1. The lowest BCUT2D eigenvalue weighted by Crippen LogP contribution is -2.19. The van der Waals surface area contributed by atoms with Gasteiger partial charge in [0.15, 0.2) is 11.5 Å². The molecule has 0 fully saturated rings. The number of carbonyl (C=O) groups excluding carboxylic acids is 1. The molecule has 44 heavy (non-hydrogen) atoms. The molecule has 0 saturated carbocycles. The molecule has 1 aliphatic rings. The van der Waals surface area contributed by atoms with Crippen LogP contribution in [0.3, 0.4) is 0 Å². The third-order valence-corrected chi connectivity index (χ3v) is 7.50. The number of pyridine rings is 1. The normalized spacial score (nSPS) is 11.9. The fourth-order valence-electron chi connectivity index (χ4n) is 5.11. The SMILES string of the molecule is Cc1cc(OCc2cccc(-c3ccc4c(c3)OCCO4)c2C)cc(OCc2cncc(C#N)c2)c1CNCCCC(N)=O. The van der Waals surface area contributed by atoms with Crippen LogP contribution in [0, 0.1) is 25.2 Å². The summed E-state index contributed by atoms with van der Waals surface area (Å²) in [6.07, 6.45) is 4.20. The molecule has 0 spiro atoms. The van der Waals surface area contributed by atoms with Crippen molar-refractivity contribution >= 4 is 5.91 Å². The van der Waals surface area contributed by atoms with E-state index in [1.807, 2.05) is 37.3 Å². The zero-order chi connectivity index (χ0) is 30.9. The summed E-state index contributed by atoms with van der Waals surface area (Å²) in [5, 5.41) is 12.6. The lowest BCUT2D eigenvalue weighted by molar-refractivity contribution is -0.118. The molecule has 4 aromatic rings. The molecule has 3 N–H and O–H groups in total. The van der Waals surface area contributed by atoms with Crippen LogP contribution < -0.4 is 30.0 Å². The Morgan fingerprint density at radius 3 is 2.68 bits per heavy atom. The maximum atomic E-state index is 11.1. The molecule has 0 atom stereocenters. The summed E-state index contributed by atoms with van der Waals surface area (Å²) < 4.78 is 24.1. The van der Waals surface area contributed by atoms with Gasteiger partial charge in [-0.1, -0.05) is 24.3 Å². The van der Waals surface area contributed by atoms with Gasteiger partial charge in [-0.2, -0.15) is 5.26 Å². The smallest absolute Gasteiger partial charge is 0.217 e. The summed E-state index contributed by atoms with van der Waals surface area (Å²) in [6, 6.07) is 20.0. The highest BCUT2D eigenvalue weighted by atomic mass is 16.6. The largest absolute Gasteiger partial charge is 0.489 e. The zero-order valence-corrected chi connectivity index (χ0v) is 25.0. The molecule has 9 heteroatoms. The molecule has 1 amide bonds. The predicted molar refractivity (Wildman–Crippen MR) is 167 cm³/mol. The second-order valence-corrected chi connectivity index (χ2v) is 10.7. The van der Waals surface area contributed by atoms with E-state index in [-0.39, 0.29) is 12.5 Å². The monoisotopic (exact) mass is 592 g/mol. The van der Waals surface area contributed by atoms with Crippen LogP contribution in [0.2, 0.25) is 0 Å². The number of nitriles is 1. The van der Waals surface area contributed by atoms with Gasteiger partial charge in [0, 0.05) is 42.6 Å². The minimum Gasteiger partial charge on any atom is -0.489 e. The Morgan fingerprint density at radius 1 is 1.02 bits per heavy atom. The van der Waals surface area contributed by atoms with Gasteiger partial charge in [-0.05, 0) is 78.9 Å². The van der Waals surface area contributed by atoms with Crippen LogP contribution in [0.1, 0.15) is 46.2 Å². The van der Waals surface area contributed by atoms with Gasteiger partial charge in [0.2, 0.25) is 5.91 Å². The minimum absolute atomic E-state index is 0.247. The number of nitrogens with two attached hydrogens (primary N) is 1. The summed E-state index contributed by atoms with van der Waals surface area (Å²) in [4.78, 5) is 15.2. The Labute approximate surface area is 257 Å². The summed E-state index contributed by atoms with van der Waals surface area (Å²) in [5.74, 6) is 2.57. The van der Waals surface area contributed by atoms with Gasteiger partial charge in [0.25, 0.3) is 0 Å². The first-order valence-electron chi connectivity index (χ1n) is 14.6. The summed E-state index contributed by atoms with van der Waals surface area (Å²) >= 11 is 0. The standard InChI is InChI=1S/C35H36N4O5/c1-23-13-29(43-22-28-5-3-6-30(24(28)2)27-8-9-32-34(15-27)42-12-11-41-32)16-33(31(23)20-38-10-4-7-35(37)40)44-21-26-14-25(17-36)18-39-19-26/h3,5-6,8-9,13-16,18-19,38H,4,7,10-12,20-22H2,1-2H3,(H2,37,40). The molecule has 0 unspecified atom stereocenters. The van der Waals surface area contributed by atoms with Crippen molar-refractivity contribution in [1.82, 2.24) is 10.3 Å². The fourth-order valence-corrected chi connectivity index (χ4v) is 5.11. The average molecular weight is 593 g/mol. The molecule has 5 rings (SSSR count). The highest BCUT2D eigenvalue weighted by Gasteiger charge is 2.16. The van der Waals surface area contributed by atoms with Gasteiger partial charge >= 0.3 is 0 Å². The van der Waals surface area contributed by atoms with Gasteiger partial charge in [-0.25, -0.2) is 0 Å². The van der Waals surface area contributed by atoms with E-state index >= 15 is 0 Å². The van der Waals surface area contributed by atoms with E-state index in [1.54, 1.807) is 12.3 Å². The number of primary amides is 1. The van der Waals surface area contributed by atoms with E-state index in [0.29, 0.717) is 62.8 Å². The van der Waals surface area contributed by atoms with Crippen LogP contribution >= 0.6 is 0 Å². The van der Waals surface area contributed by atoms with Crippen molar-refractivity contribution in [2.45, 2.75) is 46.4 Å². The Kier molecular flexibility index (Phi) is 9.95. The van der Waals surface area contributed by atoms with Crippen molar-refractivity contribution in [1.29, 1.82) is 5.26 Å². The molecule has 1 aliphatic heterocycles. The summed E-state index contributed by atoms with van der Waals surface area (Å²) in [6.45, 7) is 7.04. The van der Waals surface area contributed by atoms with E-state index in [1.165, 1.54) is 6.20 Å². The molecule has 0 radical (unpaired) electrons. The van der Waals surface area contributed by atoms with Gasteiger partial charge in [-0.3, -0.25) is 9.78 Å². The summed E-state index contributed by atoms with van der Waals surface area (Å²) in [7, 11) is 0. The molecule has 2 heterocycles. The van der Waals surface area contributed by atoms with Crippen LogP contribution in [0.25, 0.3) is 11.1 Å². The number of nitrogens with one attached hydrogen (secondary N) is 1. The Hall–Kier alpha value is -5.07. The number of hydrogen-bond donors (Lipinski definition) is 2. The van der Waals surface area contributed by atoms with Gasteiger partial charge in [0.05, 0.1) is 5.56 Å². The molecular weight excluding hydrogens is 556 g/mol. The van der Waals surface area contributed by atoms with E-state index in [2.05, 4.69) is 41.5 Å². The molecule has 3 aromatic carbocycles. The first-order chi connectivity index (χ1) is 21.4. The maximum Gasteiger partial charge on any atom is 0.217 e. The maximum absolute atomic E-state index is 11.1. The van der Waals surface area contributed by atoms with E-state index in [4.69, 9.17) is 24.7 Å². The quantitative estimate of drug-likeness (QED) is 0.194. The molecule has 0 aliphatic carbocycles. The van der Waals surface area contributed by atoms with Crippen molar-refractivity contribution in [2.24, 2.45) is 5.73 Å². The Morgan fingerprint density at radius 2 is 1.86 bits per heavy atom. The molecule has 1 aromatic heterocycles. The van der Waals surface area contributed by atoms with Crippen LogP contribution in [-0.4, -0.2) is 30.6 Å². The highest BCUT2D eigenvalue weighted by molar-refractivity contribution is 5.73. The Bertz CT molecular complexity index is 1680. The predicted octanol–water partition coefficient (Wildman–Crippen LogP) is 5.52. The molecule has 9 nitrogen and oxygen atoms in total. The second kappa shape index (κ2) is 14.4. The molecule has 0 bridgehead atoms. The van der Waals surface area contributed by atoms with Gasteiger partial charge < -0.3 is 30.0 Å². The van der Waals surface area contributed by atoms with Crippen molar-refractivity contribution in [2.75, 3.05) is 19.8 Å². The number of benzene rings is 3. The number of hydrogen-bond acceptors (Lipinski definition) is 8. The van der Waals surface area contributed by atoms with E-state index in [9.17, 15) is 10.1 Å².